The largest absolute Gasteiger partial charge is 0.496 e. The molecule has 9 nitrogen and oxygen atoms in total. The third-order valence-corrected chi connectivity index (χ3v) is 10.7. The molecule has 1 heterocycles. The summed E-state index contributed by atoms with van der Waals surface area (Å²) in [7, 11) is -3.30. The summed E-state index contributed by atoms with van der Waals surface area (Å²) >= 11 is 0. The molecule has 2 aromatic carbocycles. The molecule has 1 aliphatic heterocycles. The Balaban J connectivity index is 1.85. The van der Waals surface area contributed by atoms with E-state index in [0.29, 0.717) is 44.0 Å². The lowest BCUT2D eigenvalue weighted by molar-refractivity contribution is 0.0532. The summed E-state index contributed by atoms with van der Waals surface area (Å²) in [6, 6.07) is 11.2. The maximum atomic E-state index is 12.9. The van der Waals surface area contributed by atoms with Gasteiger partial charge in [0.2, 0.25) is 0 Å². The number of hydrogen-bond acceptors (Lipinski definition) is 9. The van der Waals surface area contributed by atoms with Gasteiger partial charge in [-0.15, -0.1) is 0 Å². The molecule has 0 amide bonds. The van der Waals surface area contributed by atoms with Crippen LogP contribution in [0.3, 0.4) is 0 Å². The molecule has 1 aliphatic rings. The van der Waals surface area contributed by atoms with Crippen molar-refractivity contribution in [2.45, 2.75) is 73.0 Å². The number of carbonyl (C=O) groups excluding carboxylic acids is 1. The minimum atomic E-state index is -3.60. The van der Waals surface area contributed by atoms with E-state index in [1.54, 1.807) is 21.0 Å². The second kappa shape index (κ2) is 16.7. The number of carbonyl (C=O) groups is 1. The Morgan fingerprint density at radius 3 is 2.34 bits per heavy atom. The van der Waals surface area contributed by atoms with E-state index in [-0.39, 0.29) is 32.4 Å². The van der Waals surface area contributed by atoms with Gasteiger partial charge in [-0.2, -0.15) is 0 Å². The number of rotatable bonds is 19. The summed E-state index contributed by atoms with van der Waals surface area (Å²) in [5.74, 6) is 0.955. The molecule has 44 heavy (non-hydrogen) atoms. The van der Waals surface area contributed by atoms with Crippen LogP contribution in [-0.2, 0) is 42.4 Å². The van der Waals surface area contributed by atoms with Crippen molar-refractivity contribution in [2.24, 2.45) is 0 Å². The zero-order valence-electron chi connectivity index (χ0n) is 27.7. The van der Waals surface area contributed by atoms with Crippen molar-refractivity contribution in [1.82, 2.24) is 4.90 Å². The van der Waals surface area contributed by atoms with E-state index in [9.17, 15) is 9.36 Å². The Morgan fingerprint density at radius 1 is 1.05 bits per heavy atom. The molecule has 0 aliphatic carbocycles. The van der Waals surface area contributed by atoms with Gasteiger partial charge in [-0.05, 0) is 51.3 Å². The van der Waals surface area contributed by atoms with E-state index in [1.807, 2.05) is 25.1 Å². The molecular weight excluding hydrogens is 597 g/mol. The van der Waals surface area contributed by atoms with Gasteiger partial charge in [-0.1, -0.05) is 61.6 Å². The lowest BCUT2D eigenvalue weighted by atomic mass is 9.94. The van der Waals surface area contributed by atoms with E-state index in [4.69, 9.17) is 27.8 Å². The molecule has 0 bridgehead atoms. The molecule has 0 N–H and O–H groups in total. The van der Waals surface area contributed by atoms with Crippen LogP contribution in [-0.4, -0.2) is 65.6 Å². The normalized spacial score (nSPS) is 13.8. The minimum Gasteiger partial charge on any atom is -0.496 e. The van der Waals surface area contributed by atoms with Crippen LogP contribution >= 0.6 is 7.82 Å². The summed E-state index contributed by atoms with van der Waals surface area (Å²) in [5, 5.41) is 0. The monoisotopic (exact) mass is 647 g/mol. The first-order chi connectivity index (χ1) is 20.9. The number of allylic oxidation sites excluding steroid dienone is 1. The summed E-state index contributed by atoms with van der Waals surface area (Å²) in [6.07, 6.45) is 2.68. The van der Waals surface area contributed by atoms with Gasteiger partial charge < -0.3 is 14.2 Å². The second-order valence-electron chi connectivity index (χ2n) is 12.1. The molecule has 0 radical (unpaired) electrons. The Kier molecular flexibility index (Phi) is 13.7. The standard InChI is InChI=1S/C33H50NO8PSi/c1-9-40-43(36,41-10-2)42-19-18-34(23-27-14-12-11-13-15-27)22-25(3)16-17-28-31(37-5)26(4)29-24-39-33(35)30(29)32(28)38-20-21-44(6,7)8/h11-16H,9-10,17-24H2,1-8H3. The van der Waals surface area contributed by atoms with E-state index in [1.165, 1.54) is 0 Å². The molecular formula is C33H50NO8PSi. The summed E-state index contributed by atoms with van der Waals surface area (Å²) in [5.41, 5.74) is 5.40. The predicted molar refractivity (Wildman–Crippen MR) is 176 cm³/mol. The Bertz CT molecular complexity index is 1320. The Morgan fingerprint density at radius 2 is 1.73 bits per heavy atom. The van der Waals surface area contributed by atoms with Gasteiger partial charge in [0.15, 0.2) is 0 Å². The number of esters is 1. The van der Waals surface area contributed by atoms with Crippen LogP contribution < -0.4 is 9.47 Å². The average Bonchev–Trinajstić information content (AvgIpc) is 3.35. The molecule has 3 rings (SSSR count). The number of phosphoric ester groups is 1. The van der Waals surface area contributed by atoms with Crippen LogP contribution in [0, 0.1) is 6.92 Å². The number of phosphoric acid groups is 1. The molecule has 0 atom stereocenters. The minimum absolute atomic E-state index is 0.187. The second-order valence-corrected chi connectivity index (χ2v) is 19.4. The molecule has 244 valence electrons. The van der Waals surface area contributed by atoms with Crippen molar-refractivity contribution >= 4 is 21.9 Å². The molecule has 11 heteroatoms. The zero-order valence-corrected chi connectivity index (χ0v) is 29.6. The molecule has 0 saturated heterocycles. The van der Waals surface area contributed by atoms with Crippen molar-refractivity contribution in [3.8, 4) is 11.5 Å². The van der Waals surface area contributed by atoms with Crippen molar-refractivity contribution in [3.63, 3.8) is 0 Å². The van der Waals surface area contributed by atoms with Crippen LogP contribution in [0.5, 0.6) is 11.5 Å². The lowest BCUT2D eigenvalue weighted by Gasteiger charge is -2.24. The first-order valence-corrected chi connectivity index (χ1v) is 20.6. The highest BCUT2D eigenvalue weighted by Gasteiger charge is 2.33. The highest BCUT2D eigenvalue weighted by molar-refractivity contribution is 7.48. The topological polar surface area (TPSA) is 92.8 Å². The quantitative estimate of drug-likeness (QED) is 0.0662. The van der Waals surface area contributed by atoms with Crippen LogP contribution in [0.2, 0.25) is 25.7 Å². The van der Waals surface area contributed by atoms with Crippen molar-refractivity contribution in [1.29, 1.82) is 0 Å². The van der Waals surface area contributed by atoms with Crippen molar-refractivity contribution < 1.29 is 37.1 Å². The highest BCUT2D eigenvalue weighted by atomic mass is 31.2. The molecule has 0 spiro atoms. The van der Waals surface area contributed by atoms with Crippen LogP contribution in [0.25, 0.3) is 0 Å². The molecule has 0 fully saturated rings. The molecule has 0 aromatic heterocycles. The summed E-state index contributed by atoms with van der Waals surface area (Å²) in [4.78, 5) is 15.1. The van der Waals surface area contributed by atoms with E-state index < -0.39 is 15.9 Å². The van der Waals surface area contributed by atoms with Crippen molar-refractivity contribution in [3.05, 3.63) is 69.8 Å². The zero-order chi connectivity index (χ0) is 32.3. The number of methoxy groups -OCH3 is 1. The number of ether oxygens (including phenoxy) is 3. The lowest BCUT2D eigenvalue weighted by Crippen LogP contribution is -2.29. The van der Waals surface area contributed by atoms with Gasteiger partial charge in [0.1, 0.15) is 23.7 Å². The van der Waals surface area contributed by atoms with Crippen LogP contribution in [0.15, 0.2) is 42.0 Å². The Labute approximate surface area is 264 Å². The fourth-order valence-corrected chi connectivity index (χ4v) is 6.96. The molecule has 0 unspecified atom stereocenters. The smallest absolute Gasteiger partial charge is 0.474 e. The van der Waals surface area contributed by atoms with Gasteiger partial charge in [0, 0.05) is 38.8 Å². The van der Waals surface area contributed by atoms with Gasteiger partial charge in [0.05, 0.1) is 33.5 Å². The van der Waals surface area contributed by atoms with Gasteiger partial charge in [0.25, 0.3) is 0 Å². The Hall–Kier alpha value is -2.46. The predicted octanol–water partition coefficient (Wildman–Crippen LogP) is 7.58. The SMILES string of the molecule is CCOP(=O)(OCC)OCCN(CC(C)=CCc1c(OC)c(C)c2c(c1OCC[Si](C)(C)C)C(=O)OC2)Cc1ccccc1. The van der Waals surface area contributed by atoms with Gasteiger partial charge in [-0.25, -0.2) is 9.36 Å². The fourth-order valence-electron chi connectivity index (χ4n) is 5.09. The van der Waals surface area contributed by atoms with Crippen LogP contribution in [0.1, 0.15) is 53.4 Å². The summed E-state index contributed by atoms with van der Waals surface area (Å²) < 4.78 is 46.8. The van der Waals surface area contributed by atoms with E-state index >= 15 is 0 Å². The molecule has 2 aromatic rings. The average molecular weight is 648 g/mol. The van der Waals surface area contributed by atoms with Crippen LogP contribution in [0.4, 0.5) is 0 Å². The third-order valence-electron chi connectivity index (χ3n) is 7.33. The maximum absolute atomic E-state index is 12.9. The van der Waals surface area contributed by atoms with Gasteiger partial charge >= 0.3 is 13.8 Å². The number of benzene rings is 2. The van der Waals surface area contributed by atoms with E-state index in [2.05, 4.69) is 49.7 Å². The van der Waals surface area contributed by atoms with Gasteiger partial charge in [-0.3, -0.25) is 18.5 Å². The highest BCUT2D eigenvalue weighted by Crippen LogP contribution is 2.49. The number of cyclic esters (lactones) is 1. The molecule has 0 saturated carbocycles. The third kappa shape index (κ3) is 10.3. The maximum Gasteiger partial charge on any atom is 0.474 e. The van der Waals surface area contributed by atoms with E-state index in [0.717, 1.165) is 39.6 Å². The number of fused-ring (bicyclic) bond motifs is 1. The fraction of sp³-hybridized carbons (Fsp3) is 0.545. The van der Waals surface area contributed by atoms with Crippen molar-refractivity contribution in [2.75, 3.05) is 46.6 Å². The summed E-state index contributed by atoms with van der Waals surface area (Å²) in [6.45, 7) is 17.7. The first kappa shape index (κ1) is 36.0. The number of nitrogens with zero attached hydrogens (tertiary/aromatic N) is 1. The first-order valence-electron chi connectivity index (χ1n) is 15.4. The number of hydrogen-bond donors (Lipinski definition) is 0.